The van der Waals surface area contributed by atoms with E-state index in [0.717, 1.165) is 27.6 Å². The molecule has 44 heavy (non-hydrogen) atoms. The van der Waals surface area contributed by atoms with Gasteiger partial charge in [-0.25, -0.2) is 19.4 Å². The summed E-state index contributed by atoms with van der Waals surface area (Å²) in [6, 6.07) is 20.4. The summed E-state index contributed by atoms with van der Waals surface area (Å²) in [5.74, 6) is -4.14. The predicted molar refractivity (Wildman–Crippen MR) is 153 cm³/mol. The summed E-state index contributed by atoms with van der Waals surface area (Å²) >= 11 is 0. The van der Waals surface area contributed by atoms with Gasteiger partial charge in [-0.2, -0.15) is 8.96 Å². The van der Waals surface area contributed by atoms with Gasteiger partial charge in [0, 0.05) is 24.4 Å². The van der Waals surface area contributed by atoms with Gasteiger partial charge in [0.2, 0.25) is 11.7 Å². The third-order valence-corrected chi connectivity index (χ3v) is 6.94. The Hall–Kier alpha value is -5.75. The van der Waals surface area contributed by atoms with Crippen LogP contribution in [0.4, 0.5) is 4.39 Å². The average Bonchev–Trinajstić information content (AvgIpc) is 3.58. The molecule has 1 aliphatic rings. The van der Waals surface area contributed by atoms with E-state index >= 15 is 0 Å². The highest BCUT2D eigenvalue weighted by Crippen LogP contribution is 2.22. The SMILES string of the molecule is O=C(Oc1ccnc(OC(=O)c2cccc(C(=O)n3c(=O)c(F)cn(C4CCCO4)c3=O)c2)c1)c1ccc2ccccc2c1. The number of esters is 2. The molecule has 1 unspecified atom stereocenters. The van der Waals surface area contributed by atoms with Gasteiger partial charge in [0.25, 0.3) is 11.5 Å². The Bertz CT molecular complexity index is 2060. The lowest BCUT2D eigenvalue weighted by Gasteiger charge is -2.15. The van der Waals surface area contributed by atoms with E-state index in [0.29, 0.717) is 25.0 Å². The fourth-order valence-electron chi connectivity index (χ4n) is 4.76. The molecule has 0 radical (unpaired) electrons. The molecule has 1 atom stereocenters. The molecule has 0 saturated carbocycles. The van der Waals surface area contributed by atoms with Crippen LogP contribution in [0.2, 0.25) is 0 Å². The molecule has 3 heterocycles. The number of fused-ring (bicyclic) bond motifs is 1. The molecule has 0 aliphatic carbocycles. The van der Waals surface area contributed by atoms with E-state index in [9.17, 15) is 28.4 Å². The number of nitrogens with zero attached hydrogens (tertiary/aromatic N) is 3. The highest BCUT2D eigenvalue weighted by molar-refractivity contribution is 5.99. The maximum absolute atomic E-state index is 14.5. The number of benzene rings is 3. The largest absolute Gasteiger partial charge is 0.423 e. The Balaban J connectivity index is 1.19. The minimum Gasteiger partial charge on any atom is -0.423 e. The second-order valence-corrected chi connectivity index (χ2v) is 9.83. The highest BCUT2D eigenvalue weighted by atomic mass is 19.1. The van der Waals surface area contributed by atoms with E-state index in [4.69, 9.17) is 14.2 Å². The van der Waals surface area contributed by atoms with E-state index in [1.807, 2.05) is 24.3 Å². The van der Waals surface area contributed by atoms with Gasteiger partial charge in [-0.1, -0.05) is 36.4 Å². The quantitative estimate of drug-likeness (QED) is 0.266. The summed E-state index contributed by atoms with van der Waals surface area (Å²) in [6.45, 7) is 0.348. The number of halogens is 1. The van der Waals surface area contributed by atoms with Gasteiger partial charge in [-0.05, 0) is 60.0 Å². The van der Waals surface area contributed by atoms with Gasteiger partial charge in [0.15, 0.2) is 0 Å². The van der Waals surface area contributed by atoms with Gasteiger partial charge in [-0.3, -0.25) is 14.2 Å². The van der Waals surface area contributed by atoms with Crippen molar-refractivity contribution < 1.29 is 33.0 Å². The van der Waals surface area contributed by atoms with E-state index < -0.39 is 41.1 Å². The van der Waals surface area contributed by atoms with E-state index in [-0.39, 0.29) is 27.3 Å². The normalized spacial score (nSPS) is 14.3. The average molecular weight is 596 g/mol. The van der Waals surface area contributed by atoms with Crippen molar-refractivity contribution in [1.29, 1.82) is 0 Å². The van der Waals surface area contributed by atoms with Gasteiger partial charge in [0.05, 0.1) is 17.3 Å². The fourth-order valence-corrected chi connectivity index (χ4v) is 4.76. The maximum Gasteiger partial charge on any atom is 0.344 e. The molecule has 0 N–H and O–H groups in total. The number of carbonyl (C=O) groups excluding carboxylic acids is 3. The first-order chi connectivity index (χ1) is 21.3. The van der Waals surface area contributed by atoms with Crippen LogP contribution in [0.15, 0.2) is 101 Å². The number of carbonyl (C=O) groups is 3. The first-order valence-electron chi connectivity index (χ1n) is 13.5. The molecule has 2 aromatic heterocycles. The maximum atomic E-state index is 14.5. The van der Waals surface area contributed by atoms with Gasteiger partial charge < -0.3 is 14.2 Å². The second kappa shape index (κ2) is 11.9. The van der Waals surface area contributed by atoms with Gasteiger partial charge in [-0.15, -0.1) is 0 Å². The summed E-state index contributed by atoms with van der Waals surface area (Å²) < 4.78 is 31.6. The van der Waals surface area contributed by atoms with Crippen molar-refractivity contribution in [3.05, 3.63) is 135 Å². The van der Waals surface area contributed by atoms with Crippen molar-refractivity contribution in [2.75, 3.05) is 6.61 Å². The van der Waals surface area contributed by atoms with Gasteiger partial charge in [0.1, 0.15) is 12.0 Å². The number of pyridine rings is 1. The summed E-state index contributed by atoms with van der Waals surface area (Å²) in [5.41, 5.74) is -2.54. The first-order valence-corrected chi connectivity index (χ1v) is 13.5. The smallest absolute Gasteiger partial charge is 0.344 e. The monoisotopic (exact) mass is 595 g/mol. The van der Waals surface area contributed by atoms with Crippen LogP contribution in [0.1, 0.15) is 50.1 Å². The van der Waals surface area contributed by atoms with E-state index in [2.05, 4.69) is 4.98 Å². The summed E-state index contributed by atoms with van der Waals surface area (Å²) in [6.07, 6.45) is 2.22. The molecule has 11 nitrogen and oxygen atoms in total. The highest BCUT2D eigenvalue weighted by Gasteiger charge is 2.25. The van der Waals surface area contributed by atoms with Gasteiger partial charge >= 0.3 is 17.6 Å². The molecule has 1 saturated heterocycles. The van der Waals surface area contributed by atoms with Crippen LogP contribution in [-0.4, -0.2) is 38.6 Å². The second-order valence-electron chi connectivity index (χ2n) is 9.83. The molecule has 3 aromatic carbocycles. The molecule has 0 spiro atoms. The predicted octanol–water partition coefficient (Wildman–Crippen LogP) is 4.13. The first kappa shape index (κ1) is 28.4. The summed E-state index contributed by atoms with van der Waals surface area (Å²) in [5, 5.41) is 1.83. The Morgan fingerprint density at radius 1 is 0.841 bits per heavy atom. The molecule has 12 heteroatoms. The number of hydrogen-bond donors (Lipinski definition) is 0. The Morgan fingerprint density at radius 3 is 2.39 bits per heavy atom. The number of aromatic nitrogens is 3. The molecule has 0 bridgehead atoms. The topological polar surface area (TPSA) is 136 Å². The van der Waals surface area contributed by atoms with Crippen LogP contribution in [0, 0.1) is 5.82 Å². The van der Waals surface area contributed by atoms with Crippen molar-refractivity contribution >= 4 is 28.6 Å². The van der Waals surface area contributed by atoms with Crippen LogP contribution in [-0.2, 0) is 4.74 Å². The van der Waals surface area contributed by atoms with Crippen molar-refractivity contribution in [2.24, 2.45) is 0 Å². The minimum absolute atomic E-state index is 0.0675. The van der Waals surface area contributed by atoms with Crippen LogP contribution in [0.25, 0.3) is 10.8 Å². The van der Waals surface area contributed by atoms with Crippen LogP contribution in [0.5, 0.6) is 11.6 Å². The van der Waals surface area contributed by atoms with Crippen molar-refractivity contribution in [3.63, 3.8) is 0 Å². The molecule has 0 amide bonds. The third kappa shape index (κ3) is 5.65. The lowest BCUT2D eigenvalue weighted by molar-refractivity contribution is 0.0501. The van der Waals surface area contributed by atoms with Crippen molar-refractivity contribution in [3.8, 4) is 11.6 Å². The molecule has 5 aromatic rings. The Labute approximate surface area is 247 Å². The fraction of sp³-hybridized carbons (Fsp3) is 0.125. The Kier molecular flexibility index (Phi) is 7.65. The number of hydrogen-bond acceptors (Lipinski definition) is 9. The minimum atomic E-state index is -1.43. The molecule has 1 aliphatic heterocycles. The van der Waals surface area contributed by atoms with E-state index in [1.165, 1.54) is 36.5 Å². The zero-order chi connectivity index (χ0) is 30.8. The summed E-state index contributed by atoms with van der Waals surface area (Å²) in [4.78, 5) is 68.3. The molecular weight excluding hydrogens is 573 g/mol. The Morgan fingerprint density at radius 2 is 1.59 bits per heavy atom. The zero-order valence-electron chi connectivity index (χ0n) is 22.8. The van der Waals surface area contributed by atoms with Crippen LogP contribution in [0.3, 0.4) is 0 Å². The lowest BCUT2D eigenvalue weighted by Crippen LogP contribution is -2.46. The van der Waals surface area contributed by atoms with Crippen molar-refractivity contribution in [2.45, 2.75) is 19.1 Å². The molecule has 220 valence electrons. The number of rotatable bonds is 6. The molecule has 1 fully saturated rings. The standard InChI is InChI=1S/C32H22FN3O8/c33-25-18-35(27-9-4-14-42-27)32(41)36(29(25)38)28(37)21-7-3-8-22(16-21)31(40)44-26-17-24(12-13-34-26)43-30(39)23-11-10-19-5-1-2-6-20(19)15-23/h1-3,5-8,10-13,15-18,27H,4,9,14H2. The van der Waals surface area contributed by atoms with Crippen LogP contribution >= 0.6 is 0 Å². The third-order valence-electron chi connectivity index (χ3n) is 6.94. The summed E-state index contributed by atoms with van der Waals surface area (Å²) in [7, 11) is 0. The van der Waals surface area contributed by atoms with Crippen molar-refractivity contribution in [1.82, 2.24) is 14.1 Å². The number of ether oxygens (including phenoxy) is 3. The zero-order valence-corrected chi connectivity index (χ0v) is 22.8. The molecule has 6 rings (SSSR count). The van der Waals surface area contributed by atoms with E-state index in [1.54, 1.807) is 18.2 Å². The molecular formula is C32H22FN3O8. The van der Waals surface area contributed by atoms with Crippen LogP contribution < -0.4 is 20.7 Å². The lowest BCUT2D eigenvalue weighted by atomic mass is 10.1.